The van der Waals surface area contributed by atoms with Crippen molar-refractivity contribution >= 4 is 34.2 Å². The highest BCUT2D eigenvalue weighted by Crippen LogP contribution is 2.54. The number of carbonyl (C=O) groups is 1. The number of carbonyl (C=O) groups excluding carboxylic acids is 1. The number of hydrogen-bond acceptors (Lipinski definition) is 4. The fraction of sp³-hybridized carbons (Fsp3) is 0.417. The molecule has 1 aromatic carbocycles. The normalized spacial score (nSPS) is 26.0. The molecule has 2 aromatic heterocycles. The number of nitrogens with zero attached hydrogens (tertiary/aromatic N) is 3. The third kappa shape index (κ3) is 4.01. The molecule has 2 heterocycles. The topological polar surface area (TPSA) is 67.8 Å². The fourth-order valence-electron chi connectivity index (χ4n) is 5.66. The van der Waals surface area contributed by atoms with Crippen LogP contribution in [0.1, 0.15) is 44.1 Å². The van der Waals surface area contributed by atoms with E-state index in [4.69, 9.17) is 11.6 Å². The minimum Gasteiger partial charge on any atom is -0.309 e. The molecule has 0 saturated heterocycles. The molecule has 2 saturated carbocycles. The summed E-state index contributed by atoms with van der Waals surface area (Å²) < 4.78 is 13.8. The van der Waals surface area contributed by atoms with E-state index in [1.807, 2.05) is 19.2 Å². The Balaban J connectivity index is 1.24. The molecule has 0 bridgehead atoms. The third-order valence-electron chi connectivity index (χ3n) is 7.23. The first-order chi connectivity index (χ1) is 15.0. The van der Waals surface area contributed by atoms with Gasteiger partial charge in [0.25, 0.3) is 0 Å². The van der Waals surface area contributed by atoms with E-state index in [1.54, 1.807) is 24.3 Å². The molecule has 5 rings (SSSR count). The van der Waals surface area contributed by atoms with Gasteiger partial charge in [0.1, 0.15) is 5.82 Å². The van der Waals surface area contributed by atoms with Crippen molar-refractivity contribution in [1.29, 1.82) is 0 Å². The van der Waals surface area contributed by atoms with Crippen LogP contribution in [-0.4, -0.2) is 21.1 Å². The maximum absolute atomic E-state index is 13.8. The standard InChI is InChI=1S/C24H24ClFN4O/c1-13(24(31)28-23-5-4-22(25)29-30-23)14-8-15-10-17(11-16(15)9-14)19-6-7-27-21-3-2-18(26)12-20(19)21/h2-7,12-17H,8-11H2,1H3,(H,28,30,31)/t13?,14?,15-,16+,17?. The van der Waals surface area contributed by atoms with Crippen LogP contribution in [0.4, 0.5) is 10.2 Å². The van der Waals surface area contributed by atoms with E-state index < -0.39 is 0 Å². The number of anilines is 1. The summed E-state index contributed by atoms with van der Waals surface area (Å²) in [5, 5.41) is 11.8. The van der Waals surface area contributed by atoms with Crippen molar-refractivity contribution < 1.29 is 9.18 Å². The lowest BCUT2D eigenvalue weighted by Gasteiger charge is -2.21. The number of rotatable bonds is 4. The van der Waals surface area contributed by atoms with Crippen molar-refractivity contribution in [3.8, 4) is 0 Å². The van der Waals surface area contributed by atoms with Crippen LogP contribution in [0.2, 0.25) is 5.15 Å². The highest BCUT2D eigenvalue weighted by Gasteiger charge is 2.44. The first-order valence-corrected chi connectivity index (χ1v) is 11.2. The van der Waals surface area contributed by atoms with Crippen LogP contribution < -0.4 is 5.32 Å². The summed E-state index contributed by atoms with van der Waals surface area (Å²) in [6.45, 7) is 2.00. The van der Waals surface area contributed by atoms with E-state index in [2.05, 4.69) is 20.5 Å². The second-order valence-electron chi connectivity index (χ2n) is 9.00. The summed E-state index contributed by atoms with van der Waals surface area (Å²) >= 11 is 5.76. The molecule has 0 aliphatic heterocycles. The second-order valence-corrected chi connectivity index (χ2v) is 9.39. The lowest BCUT2D eigenvalue weighted by molar-refractivity contribution is -0.120. The number of pyridine rings is 1. The van der Waals surface area contributed by atoms with Crippen molar-refractivity contribution in [2.45, 2.75) is 38.5 Å². The average molecular weight is 439 g/mol. The number of benzene rings is 1. The summed E-state index contributed by atoms with van der Waals surface area (Å²) in [6.07, 6.45) is 6.12. The molecular formula is C24H24ClFN4O. The third-order valence-corrected chi connectivity index (χ3v) is 7.43. The van der Waals surface area contributed by atoms with Crippen LogP contribution >= 0.6 is 11.6 Å². The van der Waals surface area contributed by atoms with Gasteiger partial charge in [-0.25, -0.2) is 4.39 Å². The van der Waals surface area contributed by atoms with Gasteiger partial charge in [0.15, 0.2) is 11.0 Å². The van der Waals surface area contributed by atoms with E-state index in [0.29, 0.717) is 34.6 Å². The van der Waals surface area contributed by atoms with Gasteiger partial charge in [-0.05, 0) is 91.3 Å². The number of aromatic nitrogens is 3. The predicted octanol–water partition coefficient (Wildman–Crippen LogP) is 5.61. The number of nitrogens with one attached hydrogen (secondary N) is 1. The minimum atomic E-state index is -0.217. The van der Waals surface area contributed by atoms with Crippen molar-refractivity contribution in [1.82, 2.24) is 15.2 Å². The zero-order valence-electron chi connectivity index (χ0n) is 17.3. The van der Waals surface area contributed by atoms with E-state index >= 15 is 0 Å². The highest BCUT2D eigenvalue weighted by atomic mass is 35.5. The van der Waals surface area contributed by atoms with E-state index in [9.17, 15) is 9.18 Å². The Morgan fingerprint density at radius 2 is 1.87 bits per heavy atom. The zero-order chi connectivity index (χ0) is 21.5. The van der Waals surface area contributed by atoms with Crippen LogP contribution in [0.5, 0.6) is 0 Å². The molecule has 0 spiro atoms. The highest BCUT2D eigenvalue weighted by molar-refractivity contribution is 6.29. The van der Waals surface area contributed by atoms with E-state index in [0.717, 1.165) is 36.6 Å². The molecule has 31 heavy (non-hydrogen) atoms. The molecular weight excluding hydrogens is 415 g/mol. The van der Waals surface area contributed by atoms with Gasteiger partial charge < -0.3 is 5.32 Å². The number of amides is 1. The summed E-state index contributed by atoms with van der Waals surface area (Å²) in [4.78, 5) is 17.1. The second kappa shape index (κ2) is 8.15. The Morgan fingerprint density at radius 1 is 1.10 bits per heavy atom. The predicted molar refractivity (Wildman–Crippen MR) is 118 cm³/mol. The van der Waals surface area contributed by atoms with Crippen LogP contribution in [0, 0.1) is 29.5 Å². The molecule has 1 amide bonds. The molecule has 7 heteroatoms. The van der Waals surface area contributed by atoms with Gasteiger partial charge in [0.2, 0.25) is 5.91 Å². The van der Waals surface area contributed by atoms with Crippen LogP contribution in [0.25, 0.3) is 10.9 Å². The Labute approximate surface area is 185 Å². The van der Waals surface area contributed by atoms with Gasteiger partial charge in [-0.3, -0.25) is 9.78 Å². The monoisotopic (exact) mass is 438 g/mol. The van der Waals surface area contributed by atoms with Crippen LogP contribution in [-0.2, 0) is 4.79 Å². The summed E-state index contributed by atoms with van der Waals surface area (Å²) in [6, 6.07) is 10.2. The van der Waals surface area contributed by atoms with Crippen molar-refractivity contribution in [2.75, 3.05) is 5.32 Å². The fourth-order valence-corrected chi connectivity index (χ4v) is 5.76. The van der Waals surface area contributed by atoms with E-state index in [1.165, 1.54) is 11.6 Å². The van der Waals surface area contributed by atoms with Crippen molar-refractivity contribution in [2.24, 2.45) is 23.7 Å². The SMILES string of the molecule is CC(C(=O)Nc1ccc(Cl)nn1)C1C[C@H]2CC(c3ccnc4ccc(F)cc34)C[C@H]2C1. The Kier molecular flexibility index (Phi) is 5.34. The molecule has 2 aliphatic carbocycles. The summed E-state index contributed by atoms with van der Waals surface area (Å²) in [7, 11) is 0. The lowest BCUT2D eigenvalue weighted by Crippen LogP contribution is -2.26. The van der Waals surface area contributed by atoms with Crippen LogP contribution in [0.3, 0.4) is 0 Å². The minimum absolute atomic E-state index is 0.0197. The number of halogens is 2. The van der Waals surface area contributed by atoms with Crippen LogP contribution in [0.15, 0.2) is 42.6 Å². The Morgan fingerprint density at radius 3 is 2.58 bits per heavy atom. The molecule has 0 radical (unpaired) electrons. The maximum Gasteiger partial charge on any atom is 0.228 e. The molecule has 5 atom stereocenters. The lowest BCUT2D eigenvalue weighted by atomic mass is 9.86. The Bertz CT molecular complexity index is 1110. The molecule has 2 fully saturated rings. The first kappa shape index (κ1) is 20.3. The first-order valence-electron chi connectivity index (χ1n) is 10.8. The van der Waals surface area contributed by atoms with Crippen molar-refractivity contribution in [3.05, 3.63) is 59.1 Å². The summed E-state index contributed by atoms with van der Waals surface area (Å²) in [5.74, 6) is 2.11. The molecule has 5 nitrogen and oxygen atoms in total. The Hall–Kier alpha value is -2.60. The quantitative estimate of drug-likeness (QED) is 0.574. The molecule has 160 valence electrons. The number of hydrogen-bond donors (Lipinski definition) is 1. The maximum atomic E-state index is 13.8. The molecule has 3 aromatic rings. The smallest absolute Gasteiger partial charge is 0.228 e. The van der Waals surface area contributed by atoms with Gasteiger partial charge in [-0.15, -0.1) is 10.2 Å². The zero-order valence-corrected chi connectivity index (χ0v) is 18.0. The van der Waals surface area contributed by atoms with Gasteiger partial charge in [-0.1, -0.05) is 18.5 Å². The van der Waals surface area contributed by atoms with Gasteiger partial charge >= 0.3 is 0 Å². The van der Waals surface area contributed by atoms with Crippen molar-refractivity contribution in [3.63, 3.8) is 0 Å². The van der Waals surface area contributed by atoms with Gasteiger partial charge in [-0.2, -0.15) is 0 Å². The summed E-state index contributed by atoms with van der Waals surface area (Å²) in [5.41, 5.74) is 2.06. The molecule has 3 unspecified atom stereocenters. The largest absolute Gasteiger partial charge is 0.309 e. The molecule has 1 N–H and O–H groups in total. The van der Waals surface area contributed by atoms with Gasteiger partial charge in [0, 0.05) is 17.5 Å². The van der Waals surface area contributed by atoms with Gasteiger partial charge in [0.05, 0.1) is 5.52 Å². The average Bonchev–Trinajstić information content (AvgIpc) is 3.33. The number of fused-ring (bicyclic) bond motifs is 2. The van der Waals surface area contributed by atoms with E-state index in [-0.39, 0.29) is 17.6 Å². The molecule has 2 aliphatic rings.